The fourth-order valence-corrected chi connectivity index (χ4v) is 5.43. The molecule has 1 aliphatic rings. The highest BCUT2D eigenvalue weighted by Crippen LogP contribution is 2.51. The molecule has 1 aromatic carbocycles. The fraction of sp³-hybridized carbons (Fsp3) is 0.588. The lowest BCUT2D eigenvalue weighted by molar-refractivity contribution is -0.148. The van der Waals surface area contributed by atoms with Crippen LogP contribution in [0, 0.1) is 5.92 Å². The number of benzene rings is 1. The first-order valence-corrected chi connectivity index (χ1v) is 10.5. The molecule has 2 rings (SSSR count). The molecule has 1 heterocycles. The van der Waals surface area contributed by atoms with E-state index in [1.54, 1.807) is 0 Å². The molecule has 1 aliphatic heterocycles. The number of carbonyl (C=O) groups excluding carboxylic acids is 1. The van der Waals surface area contributed by atoms with Crippen LogP contribution in [0.2, 0.25) is 18.1 Å². The third-order valence-corrected chi connectivity index (χ3v) is 10.6. The average Bonchev–Trinajstić information content (AvgIpc) is 2.35. The van der Waals surface area contributed by atoms with Crippen molar-refractivity contribution in [1.82, 2.24) is 4.57 Å². The number of rotatable bonds is 3. The van der Waals surface area contributed by atoms with Crippen molar-refractivity contribution in [3.63, 3.8) is 0 Å². The van der Waals surface area contributed by atoms with E-state index in [1.165, 1.54) is 5.56 Å². The largest absolute Gasteiger partial charge is 0.361 e. The summed E-state index contributed by atoms with van der Waals surface area (Å²) >= 11 is 0. The molecule has 1 fully saturated rings. The molecule has 1 saturated heterocycles. The average molecular weight is 289 g/mol. The van der Waals surface area contributed by atoms with Crippen molar-refractivity contribution in [2.45, 2.75) is 58.3 Å². The summed E-state index contributed by atoms with van der Waals surface area (Å²) in [4.78, 5) is 12.6. The zero-order valence-electron chi connectivity index (χ0n) is 13.6. The van der Waals surface area contributed by atoms with Crippen LogP contribution in [0.1, 0.15) is 45.7 Å². The first kappa shape index (κ1) is 15.3. The lowest BCUT2D eigenvalue weighted by Crippen LogP contribution is -2.68. The molecule has 0 radical (unpaired) electrons. The Morgan fingerprint density at radius 1 is 1.15 bits per heavy atom. The Kier molecular flexibility index (Phi) is 3.85. The molecule has 20 heavy (non-hydrogen) atoms. The van der Waals surface area contributed by atoms with E-state index in [1.807, 2.05) is 6.07 Å². The molecule has 1 aromatic rings. The maximum atomic E-state index is 12.6. The van der Waals surface area contributed by atoms with Crippen LogP contribution in [0.15, 0.2) is 30.3 Å². The van der Waals surface area contributed by atoms with E-state index >= 15 is 0 Å². The monoisotopic (exact) mass is 289 g/mol. The highest BCUT2D eigenvalue weighted by Gasteiger charge is 2.56. The molecule has 2 nitrogen and oxygen atoms in total. The van der Waals surface area contributed by atoms with Crippen LogP contribution in [0.25, 0.3) is 0 Å². The first-order valence-electron chi connectivity index (χ1n) is 7.60. The van der Waals surface area contributed by atoms with Gasteiger partial charge >= 0.3 is 0 Å². The Hall–Kier alpha value is -1.09. The lowest BCUT2D eigenvalue weighted by Gasteiger charge is -2.58. The second-order valence-corrected chi connectivity index (χ2v) is 12.5. The van der Waals surface area contributed by atoms with Crippen LogP contribution in [0.3, 0.4) is 0 Å². The van der Waals surface area contributed by atoms with Gasteiger partial charge in [0, 0.05) is 0 Å². The topological polar surface area (TPSA) is 20.3 Å². The summed E-state index contributed by atoms with van der Waals surface area (Å²) in [5.74, 6) is 0.541. The van der Waals surface area contributed by atoms with Crippen LogP contribution in [-0.2, 0) is 4.79 Å². The van der Waals surface area contributed by atoms with Gasteiger partial charge < -0.3 is 4.57 Å². The molecule has 2 atom stereocenters. The second-order valence-electron chi connectivity index (χ2n) is 7.39. The van der Waals surface area contributed by atoms with Crippen molar-refractivity contribution in [2.24, 2.45) is 5.92 Å². The minimum atomic E-state index is -1.80. The molecule has 0 unspecified atom stereocenters. The van der Waals surface area contributed by atoms with Crippen molar-refractivity contribution in [3.05, 3.63) is 35.9 Å². The third-order valence-electron chi connectivity index (χ3n) is 5.23. The van der Waals surface area contributed by atoms with Crippen molar-refractivity contribution in [2.75, 3.05) is 0 Å². The number of nitrogens with zero attached hydrogens (tertiary/aromatic N) is 1. The van der Waals surface area contributed by atoms with E-state index in [-0.39, 0.29) is 17.0 Å². The molecular formula is C17H27NOSi. The number of amides is 1. The lowest BCUT2D eigenvalue weighted by atomic mass is 9.83. The molecule has 0 saturated carbocycles. The van der Waals surface area contributed by atoms with Crippen molar-refractivity contribution >= 4 is 14.1 Å². The number of hydrogen-bond donors (Lipinski definition) is 0. The molecule has 0 aliphatic carbocycles. The van der Waals surface area contributed by atoms with Gasteiger partial charge in [0.2, 0.25) is 5.91 Å². The summed E-state index contributed by atoms with van der Waals surface area (Å²) < 4.78 is 2.25. The maximum Gasteiger partial charge on any atom is 0.220 e. The minimum absolute atomic E-state index is 0.173. The number of β-lactam (4-membered cyclic amide) rings is 1. The Morgan fingerprint density at radius 2 is 1.70 bits per heavy atom. The number of hydrogen-bond acceptors (Lipinski definition) is 1. The van der Waals surface area contributed by atoms with E-state index < -0.39 is 8.24 Å². The quantitative estimate of drug-likeness (QED) is 0.588. The van der Waals surface area contributed by atoms with Crippen LogP contribution < -0.4 is 0 Å². The van der Waals surface area contributed by atoms with Gasteiger partial charge in [-0.05, 0) is 17.0 Å². The fourth-order valence-electron chi connectivity index (χ4n) is 2.96. The second kappa shape index (κ2) is 5.03. The zero-order valence-corrected chi connectivity index (χ0v) is 14.6. The van der Waals surface area contributed by atoms with Gasteiger partial charge in [-0.2, -0.15) is 0 Å². The summed E-state index contributed by atoms with van der Waals surface area (Å²) in [6.45, 7) is 13.6. The van der Waals surface area contributed by atoms with Gasteiger partial charge in [0.15, 0.2) is 8.24 Å². The molecular weight excluding hydrogens is 262 g/mol. The predicted molar refractivity (Wildman–Crippen MR) is 87.0 cm³/mol. The SMILES string of the molecule is CC[C@H]1C(=O)N([Si](C)(C)C(C)(C)C)[C@H]1c1ccccc1. The highest BCUT2D eigenvalue weighted by molar-refractivity contribution is 6.80. The van der Waals surface area contributed by atoms with Crippen LogP contribution in [0.5, 0.6) is 0 Å². The van der Waals surface area contributed by atoms with Crippen molar-refractivity contribution in [1.29, 1.82) is 0 Å². The van der Waals surface area contributed by atoms with E-state index in [9.17, 15) is 4.79 Å². The van der Waals surface area contributed by atoms with Crippen LogP contribution >= 0.6 is 0 Å². The standard InChI is InChI=1S/C17H27NOSi/c1-7-14-15(13-11-9-8-10-12-13)18(16(14)19)20(5,6)17(2,3)4/h8-12,14-15H,7H2,1-6H3/t14-,15+/m1/s1. The Morgan fingerprint density at radius 3 is 2.15 bits per heavy atom. The molecule has 0 bridgehead atoms. The summed E-state index contributed by atoms with van der Waals surface area (Å²) in [5.41, 5.74) is 1.30. The summed E-state index contributed by atoms with van der Waals surface area (Å²) in [6.07, 6.45) is 0.934. The van der Waals surface area contributed by atoms with E-state index in [2.05, 4.69) is 69.6 Å². The van der Waals surface area contributed by atoms with Gasteiger partial charge in [0.1, 0.15) is 0 Å². The van der Waals surface area contributed by atoms with Gasteiger partial charge in [-0.15, -0.1) is 0 Å². The third kappa shape index (κ3) is 2.22. The van der Waals surface area contributed by atoms with E-state index in [0.717, 1.165) is 6.42 Å². The summed E-state index contributed by atoms with van der Waals surface area (Å²) in [5, 5.41) is 0.189. The Labute approximate surface area is 124 Å². The van der Waals surface area contributed by atoms with Gasteiger partial charge in [-0.1, -0.05) is 71.1 Å². The molecule has 3 heteroatoms. The van der Waals surface area contributed by atoms with Gasteiger partial charge in [0.25, 0.3) is 0 Å². The first-order chi connectivity index (χ1) is 9.21. The van der Waals surface area contributed by atoms with E-state index in [0.29, 0.717) is 5.91 Å². The smallest absolute Gasteiger partial charge is 0.220 e. The molecule has 0 aromatic heterocycles. The normalized spacial score (nSPS) is 23.7. The molecule has 0 N–H and O–H groups in total. The van der Waals surface area contributed by atoms with Gasteiger partial charge in [0.05, 0.1) is 12.0 Å². The molecule has 1 amide bonds. The van der Waals surface area contributed by atoms with Crippen LogP contribution in [-0.4, -0.2) is 18.7 Å². The van der Waals surface area contributed by atoms with Crippen molar-refractivity contribution in [3.8, 4) is 0 Å². The molecule has 0 spiro atoms. The van der Waals surface area contributed by atoms with Crippen LogP contribution in [0.4, 0.5) is 0 Å². The maximum absolute atomic E-state index is 12.6. The summed E-state index contributed by atoms with van der Waals surface area (Å²) in [7, 11) is -1.80. The Balaban J connectivity index is 2.40. The van der Waals surface area contributed by atoms with Gasteiger partial charge in [-0.25, -0.2) is 0 Å². The summed E-state index contributed by atoms with van der Waals surface area (Å²) in [6, 6.07) is 10.8. The highest BCUT2D eigenvalue weighted by atomic mass is 28.3. The Bertz CT molecular complexity index is 489. The predicted octanol–water partition coefficient (Wildman–Crippen LogP) is 4.60. The van der Waals surface area contributed by atoms with Crippen molar-refractivity contribution < 1.29 is 4.79 Å². The van der Waals surface area contributed by atoms with E-state index in [4.69, 9.17) is 0 Å². The minimum Gasteiger partial charge on any atom is -0.361 e. The number of carbonyl (C=O) groups is 1. The zero-order chi connectivity index (χ0) is 15.1. The molecule has 110 valence electrons. The van der Waals surface area contributed by atoms with Gasteiger partial charge in [-0.3, -0.25) is 4.79 Å².